The SMILES string of the molecule is CC[C@H](C)[C@@H]1NC(=O)[C@@H](CCCN=C(N)N)NC(=O)CNC(=O)CNC(=O)[C@@H](Cc2ccccc2)NC(=O)CNC(=O)[C@H](NC(=O)[C@H](CO)NC(=O)[C@@H](N)CO)CSSC[C@H](C(=O)N[C@H](Cc2ccccc2)C(=O)NCC(=O)O)NC(=O)[C@@H]([C@@H](C)CC)NC(=O)[C@H](CCCN=C(N)N)NC(=O)[C@@H](CC(=O)O)NC1=O. The Labute approximate surface area is 635 Å². The first kappa shape index (κ1) is 92.3. The highest BCUT2D eigenvalue weighted by Crippen LogP contribution is 2.24. The summed E-state index contributed by atoms with van der Waals surface area (Å²) in [5.74, 6) is -21.3. The second-order valence-electron chi connectivity index (χ2n) is 25.1. The van der Waals surface area contributed by atoms with Crippen molar-refractivity contribution in [3.63, 3.8) is 0 Å². The fourth-order valence-corrected chi connectivity index (χ4v) is 12.4. The lowest BCUT2D eigenvalue weighted by atomic mass is 9.96. The molecule has 2 aromatic carbocycles. The van der Waals surface area contributed by atoms with E-state index in [9.17, 15) is 97.1 Å². The van der Waals surface area contributed by atoms with Gasteiger partial charge < -0.3 is 124 Å². The molecule has 0 saturated carbocycles. The highest BCUT2D eigenvalue weighted by atomic mass is 33.1. The van der Waals surface area contributed by atoms with Crippen molar-refractivity contribution in [2.24, 2.45) is 50.5 Å². The number of hydrogen-bond acceptors (Lipinski definition) is 23. The monoisotopic (exact) mass is 1570 g/mol. The van der Waals surface area contributed by atoms with Crippen LogP contribution in [0.2, 0.25) is 0 Å². The molecule has 1 saturated heterocycles. The van der Waals surface area contributed by atoms with E-state index < -0.39 is 230 Å². The van der Waals surface area contributed by atoms with Crippen molar-refractivity contribution in [3.8, 4) is 0 Å². The number of aliphatic hydroxyl groups excluding tert-OH is 2. The van der Waals surface area contributed by atoms with Crippen LogP contribution in [-0.2, 0) is 89.6 Å². The van der Waals surface area contributed by atoms with Gasteiger partial charge in [-0.05, 0) is 48.6 Å². The lowest BCUT2D eigenvalue weighted by Gasteiger charge is -2.30. The molecule has 1 heterocycles. The Kier molecular flexibility index (Phi) is 41.6. The van der Waals surface area contributed by atoms with Crippen molar-refractivity contribution in [1.29, 1.82) is 0 Å². The number of benzene rings is 2. The number of hydrogen-bond donors (Lipinski definition) is 23. The van der Waals surface area contributed by atoms with Crippen molar-refractivity contribution >= 4 is 128 Å². The van der Waals surface area contributed by atoms with E-state index in [4.69, 9.17) is 28.7 Å². The molecule has 1 aliphatic heterocycles. The molecule has 28 N–H and O–H groups in total. The van der Waals surface area contributed by atoms with Gasteiger partial charge in [-0.1, -0.05) is 123 Å². The molecule has 0 aliphatic carbocycles. The van der Waals surface area contributed by atoms with Gasteiger partial charge in [-0.15, -0.1) is 0 Å². The molecule has 0 unspecified atom stereocenters. The van der Waals surface area contributed by atoms with E-state index in [-0.39, 0.29) is 76.4 Å². The maximum absolute atomic E-state index is 15.0. The average molecular weight is 1570 g/mol. The molecule has 0 radical (unpaired) electrons. The van der Waals surface area contributed by atoms with Crippen LogP contribution in [0.5, 0.6) is 0 Å². The number of nitrogens with zero attached hydrogens (tertiary/aromatic N) is 2. The van der Waals surface area contributed by atoms with Crippen LogP contribution in [0.1, 0.15) is 83.8 Å². The number of aliphatic hydroxyl groups is 2. The summed E-state index contributed by atoms with van der Waals surface area (Å²) in [4.78, 5) is 229. The lowest BCUT2D eigenvalue weighted by Crippen LogP contribution is -2.62. The number of rotatable bonds is 29. The van der Waals surface area contributed by atoms with E-state index in [2.05, 4.69) is 84.4 Å². The van der Waals surface area contributed by atoms with E-state index in [0.717, 1.165) is 21.6 Å². The third-order valence-electron chi connectivity index (χ3n) is 16.5. The fraction of sp³-hybridized carbons (Fsp3) is 0.545. The Bertz CT molecular complexity index is 3510. The lowest BCUT2D eigenvalue weighted by molar-refractivity contribution is -0.142. The van der Waals surface area contributed by atoms with Crippen LogP contribution in [0.4, 0.5) is 0 Å². The number of carbonyl (C=O) groups excluding carboxylic acids is 14. The third kappa shape index (κ3) is 35.1. The van der Waals surface area contributed by atoms with Crippen molar-refractivity contribution in [1.82, 2.24) is 74.4 Å². The number of carbonyl (C=O) groups is 16. The number of carboxylic acids is 2. The van der Waals surface area contributed by atoms with Gasteiger partial charge in [0.1, 0.15) is 73.0 Å². The molecule has 0 aromatic heterocycles. The van der Waals surface area contributed by atoms with Gasteiger partial charge >= 0.3 is 11.9 Å². The Morgan fingerprint density at radius 1 is 0.523 bits per heavy atom. The zero-order valence-electron chi connectivity index (χ0n) is 60.6. The second-order valence-corrected chi connectivity index (χ2v) is 27.6. The molecule has 41 nitrogen and oxygen atoms in total. The van der Waals surface area contributed by atoms with Crippen molar-refractivity contribution in [2.45, 2.75) is 152 Å². The van der Waals surface area contributed by atoms with E-state index in [0.29, 0.717) is 11.1 Å². The summed E-state index contributed by atoms with van der Waals surface area (Å²) < 4.78 is 0. The van der Waals surface area contributed by atoms with Crippen LogP contribution in [0.15, 0.2) is 70.6 Å². The highest BCUT2D eigenvalue weighted by molar-refractivity contribution is 8.76. The molecule has 14 amide bonds. The molecule has 602 valence electrons. The summed E-state index contributed by atoms with van der Waals surface area (Å²) in [6.45, 7) is 0.750. The smallest absolute Gasteiger partial charge is 0.322 e. The minimum atomic E-state index is -2.01. The molecule has 3 rings (SSSR count). The van der Waals surface area contributed by atoms with E-state index >= 15 is 0 Å². The molecular formula is C66H101N21O20S2. The summed E-state index contributed by atoms with van der Waals surface area (Å²) in [6.07, 6.45) is -1.83. The molecule has 13 atom stereocenters. The normalized spacial score (nSPS) is 21.7. The maximum Gasteiger partial charge on any atom is 0.322 e. The minimum absolute atomic E-state index is 0.0361. The van der Waals surface area contributed by atoms with Crippen LogP contribution < -0.4 is 103 Å². The quantitative estimate of drug-likeness (QED) is 0.0156. The van der Waals surface area contributed by atoms with Crippen molar-refractivity contribution < 1.29 is 97.1 Å². The van der Waals surface area contributed by atoms with E-state index in [1.165, 1.54) is 13.8 Å². The van der Waals surface area contributed by atoms with Gasteiger partial charge in [0.2, 0.25) is 82.7 Å². The zero-order valence-corrected chi connectivity index (χ0v) is 62.3. The molecule has 1 aliphatic rings. The molecule has 2 aromatic rings. The fourth-order valence-electron chi connectivity index (χ4n) is 10.1. The number of carboxylic acid groups (broad SMARTS) is 2. The second kappa shape index (κ2) is 49.1. The Balaban J connectivity index is 2.31. The first-order valence-electron chi connectivity index (χ1n) is 34.7. The predicted octanol–water partition coefficient (Wildman–Crippen LogP) is -8.75. The number of nitrogens with one attached hydrogen (secondary N) is 14. The number of nitrogens with two attached hydrogens (primary N) is 5. The van der Waals surface area contributed by atoms with Gasteiger partial charge in [0.25, 0.3) is 0 Å². The van der Waals surface area contributed by atoms with E-state index in [1.807, 2.05) is 0 Å². The van der Waals surface area contributed by atoms with Gasteiger partial charge in [-0.25, -0.2) is 0 Å². The van der Waals surface area contributed by atoms with E-state index in [1.54, 1.807) is 74.5 Å². The van der Waals surface area contributed by atoms with Crippen LogP contribution in [0, 0.1) is 11.8 Å². The van der Waals surface area contributed by atoms with Gasteiger partial charge in [0.15, 0.2) is 11.9 Å². The van der Waals surface area contributed by atoms with Gasteiger partial charge in [-0.3, -0.25) is 86.7 Å². The van der Waals surface area contributed by atoms with Crippen LogP contribution in [-0.4, -0.2) is 257 Å². The van der Waals surface area contributed by atoms with Gasteiger partial charge in [-0.2, -0.15) is 0 Å². The van der Waals surface area contributed by atoms with Crippen molar-refractivity contribution in [3.05, 3.63) is 71.8 Å². The third-order valence-corrected chi connectivity index (χ3v) is 18.9. The molecule has 0 bridgehead atoms. The Morgan fingerprint density at radius 3 is 1.53 bits per heavy atom. The number of amides is 14. The topological polar surface area (TPSA) is 677 Å². The van der Waals surface area contributed by atoms with Crippen molar-refractivity contribution in [2.75, 3.05) is 64.0 Å². The largest absolute Gasteiger partial charge is 0.481 e. The molecule has 0 spiro atoms. The first-order valence-corrected chi connectivity index (χ1v) is 37.1. The predicted molar refractivity (Wildman–Crippen MR) is 397 cm³/mol. The molecule has 1 fully saturated rings. The molecular weight excluding hydrogens is 1470 g/mol. The van der Waals surface area contributed by atoms with Gasteiger partial charge in [0, 0.05) is 37.4 Å². The Morgan fingerprint density at radius 2 is 1.01 bits per heavy atom. The van der Waals surface area contributed by atoms with Gasteiger partial charge in [0.05, 0.1) is 39.3 Å². The highest BCUT2D eigenvalue weighted by Gasteiger charge is 2.38. The number of aliphatic imine (C=N–C) groups is 2. The summed E-state index contributed by atoms with van der Waals surface area (Å²) in [7, 11) is 1.51. The van der Waals surface area contributed by atoms with Crippen LogP contribution in [0.3, 0.4) is 0 Å². The molecule has 43 heteroatoms. The van der Waals surface area contributed by atoms with Crippen LogP contribution in [0.25, 0.3) is 0 Å². The Hall–Kier alpha value is -10.9. The first-order chi connectivity index (χ1) is 51.7. The van der Waals surface area contributed by atoms with Crippen LogP contribution >= 0.6 is 21.6 Å². The average Bonchev–Trinajstić information content (AvgIpc) is 0.851. The summed E-state index contributed by atoms with van der Waals surface area (Å²) >= 11 is 0. The number of guanidine groups is 2. The summed E-state index contributed by atoms with van der Waals surface area (Å²) in [5.41, 5.74) is 28.7. The summed E-state index contributed by atoms with van der Waals surface area (Å²) in [5, 5.41) is 73.1. The maximum atomic E-state index is 15.0. The number of aliphatic carboxylic acids is 2. The molecule has 109 heavy (non-hydrogen) atoms. The minimum Gasteiger partial charge on any atom is -0.481 e. The standard InChI is InChI=1S/C66H101N21O20S2/c1-5-34(3)52-63(106)82-43(25-50(93)94)60(103)80-40(20-14-22-73-66(70)71)59(102)87-53(35(4)6-2)64(107)85-46(62(105)81-42(56(99)77-29-51(95)96)24-37-17-11-8-12-18-37)33-109-108-32-45(84-61(104)44(31-89)83-54(97)38(67)30-88)57(100)76-28-49(92)79-41(23-36-15-9-7-10-16-36)55(98)75-26-47(90)74-27-48(91)78-39(58(101)86-52)19-13-21-72-65(68)69/h7-12,15-18,34-35,38-46,52-53,88-89H,5-6,13-14,19-33,67H2,1-4H3,(H,74,90)(H,75,98)(H,76,100)(H,77,99)(H,78,91)(H,79,92)(H,80,103)(H,81,105)(H,82,106)(H,83,97)(H,84,104)(H,85,107)(H,86,101)(H,87,102)(H,93,94)(H,95,96)(H4,68,69,72)(H4,70,71,73)/t34-,35-,38-,39+,40-,41+,42+,43+,44-,45+,46+,52-,53+/m0/s1. The zero-order chi connectivity index (χ0) is 81.3. The summed E-state index contributed by atoms with van der Waals surface area (Å²) in [6, 6.07) is -2.01.